The Balaban J connectivity index is 2.18. The van der Waals surface area contributed by atoms with Crippen LogP contribution in [0.5, 0.6) is 0 Å². The van der Waals surface area contributed by atoms with Crippen molar-refractivity contribution in [2.24, 2.45) is 5.92 Å². The number of rotatable bonds is 12. The van der Waals surface area contributed by atoms with E-state index in [2.05, 4.69) is 9.97 Å². The van der Waals surface area contributed by atoms with E-state index in [9.17, 15) is 14.7 Å². The van der Waals surface area contributed by atoms with Crippen LogP contribution in [0.1, 0.15) is 34.9 Å². The van der Waals surface area contributed by atoms with Gasteiger partial charge in [-0.3, -0.25) is 9.69 Å². The SMILES string of the molecule is COCCN(Cc1nc2sc(C(=O)OC)c(C)c2c(=O)[nH]1)CC(O)COCC(C)C. The maximum Gasteiger partial charge on any atom is 0.348 e. The van der Waals surface area contributed by atoms with Crippen molar-refractivity contribution in [1.82, 2.24) is 14.9 Å². The van der Waals surface area contributed by atoms with Gasteiger partial charge in [0.25, 0.3) is 5.56 Å². The molecule has 10 heteroatoms. The Bertz CT molecular complexity index is 895. The number of esters is 1. The lowest BCUT2D eigenvalue weighted by atomic mass is 10.2. The molecule has 2 heterocycles. The fourth-order valence-electron chi connectivity index (χ4n) is 3.01. The van der Waals surface area contributed by atoms with Crippen LogP contribution >= 0.6 is 11.3 Å². The molecule has 0 spiro atoms. The van der Waals surface area contributed by atoms with Gasteiger partial charge in [-0.2, -0.15) is 0 Å². The van der Waals surface area contributed by atoms with Crippen LogP contribution in [0.25, 0.3) is 10.2 Å². The summed E-state index contributed by atoms with van der Waals surface area (Å²) in [7, 11) is 2.91. The highest BCUT2D eigenvalue weighted by molar-refractivity contribution is 7.20. The molecular weight excluding hydrogens is 410 g/mol. The van der Waals surface area contributed by atoms with Crippen LogP contribution in [0, 0.1) is 12.8 Å². The van der Waals surface area contributed by atoms with E-state index in [1.807, 2.05) is 18.7 Å². The van der Waals surface area contributed by atoms with Crippen LogP contribution in [0.2, 0.25) is 0 Å². The number of nitrogens with zero attached hydrogens (tertiary/aromatic N) is 2. The van der Waals surface area contributed by atoms with Gasteiger partial charge in [0.15, 0.2) is 0 Å². The van der Waals surface area contributed by atoms with Gasteiger partial charge in [-0.1, -0.05) is 13.8 Å². The van der Waals surface area contributed by atoms with Crippen LogP contribution in [-0.4, -0.2) is 79.2 Å². The average Bonchev–Trinajstić information content (AvgIpc) is 3.02. The van der Waals surface area contributed by atoms with Gasteiger partial charge in [0.05, 0.1) is 38.4 Å². The van der Waals surface area contributed by atoms with E-state index in [0.717, 1.165) is 11.3 Å². The fourth-order valence-corrected chi connectivity index (χ4v) is 4.13. The molecule has 0 fully saturated rings. The molecular formula is C20H31N3O6S. The molecule has 9 nitrogen and oxygen atoms in total. The summed E-state index contributed by atoms with van der Waals surface area (Å²) in [6, 6.07) is 0. The smallest absolute Gasteiger partial charge is 0.348 e. The summed E-state index contributed by atoms with van der Waals surface area (Å²) in [5, 5.41) is 10.7. The largest absolute Gasteiger partial charge is 0.465 e. The van der Waals surface area contributed by atoms with Crippen molar-refractivity contribution >= 4 is 27.5 Å². The van der Waals surface area contributed by atoms with E-state index >= 15 is 0 Å². The third kappa shape index (κ3) is 6.58. The molecule has 0 aliphatic rings. The van der Waals surface area contributed by atoms with E-state index in [1.165, 1.54) is 7.11 Å². The number of methoxy groups -OCH3 is 2. The number of H-pyrrole nitrogens is 1. The van der Waals surface area contributed by atoms with E-state index < -0.39 is 12.1 Å². The third-order valence-corrected chi connectivity index (χ3v) is 5.60. The van der Waals surface area contributed by atoms with Crippen LogP contribution in [0.4, 0.5) is 0 Å². The van der Waals surface area contributed by atoms with Crippen LogP contribution in [0.3, 0.4) is 0 Å². The number of aryl methyl sites for hydroxylation is 1. The molecule has 2 N–H and O–H groups in total. The molecule has 0 saturated heterocycles. The molecule has 0 saturated carbocycles. The molecule has 1 unspecified atom stereocenters. The topological polar surface area (TPSA) is 114 Å². The van der Waals surface area contributed by atoms with Crippen molar-refractivity contribution in [3.8, 4) is 0 Å². The first-order valence-electron chi connectivity index (χ1n) is 9.84. The van der Waals surface area contributed by atoms with Gasteiger partial charge in [-0.15, -0.1) is 11.3 Å². The number of hydrogen-bond donors (Lipinski definition) is 2. The molecule has 2 rings (SSSR count). The first-order valence-corrected chi connectivity index (χ1v) is 10.7. The van der Waals surface area contributed by atoms with Gasteiger partial charge in [-0.05, 0) is 18.4 Å². The standard InChI is InChI=1S/C20H31N3O6S/c1-12(2)10-29-11-14(24)8-23(6-7-27-4)9-15-21-18(25)16-13(3)17(20(26)28-5)30-19(16)22-15/h12,14,24H,6-11H2,1-5H3,(H,21,22,25). The lowest BCUT2D eigenvalue weighted by molar-refractivity contribution is 0.00296. The molecule has 0 amide bonds. The Kier molecular flexibility index (Phi) is 9.37. The summed E-state index contributed by atoms with van der Waals surface area (Å²) >= 11 is 1.14. The van der Waals surface area contributed by atoms with Crippen molar-refractivity contribution in [1.29, 1.82) is 0 Å². The van der Waals surface area contributed by atoms with E-state index in [0.29, 0.717) is 65.2 Å². The molecule has 0 aliphatic carbocycles. The molecule has 0 bridgehead atoms. The number of fused-ring (bicyclic) bond motifs is 1. The molecule has 0 aliphatic heterocycles. The zero-order valence-corrected chi connectivity index (χ0v) is 19.0. The van der Waals surface area contributed by atoms with Crippen molar-refractivity contribution in [2.45, 2.75) is 33.4 Å². The number of carbonyl (C=O) groups excluding carboxylic acids is 1. The maximum atomic E-state index is 12.6. The number of hydrogen-bond acceptors (Lipinski definition) is 9. The number of thiophene rings is 1. The summed E-state index contributed by atoms with van der Waals surface area (Å²) in [6.07, 6.45) is -0.675. The number of ether oxygens (including phenoxy) is 3. The molecule has 0 radical (unpaired) electrons. The van der Waals surface area contributed by atoms with Gasteiger partial charge in [0.2, 0.25) is 0 Å². The number of aliphatic hydroxyl groups excluding tert-OH is 1. The normalized spacial score (nSPS) is 12.8. The highest BCUT2D eigenvalue weighted by Gasteiger charge is 2.21. The number of nitrogens with one attached hydrogen (secondary N) is 1. The number of carbonyl (C=O) groups is 1. The number of aromatic amines is 1. The fraction of sp³-hybridized carbons (Fsp3) is 0.650. The summed E-state index contributed by atoms with van der Waals surface area (Å²) in [4.78, 5) is 34.7. The summed E-state index contributed by atoms with van der Waals surface area (Å²) in [5.41, 5.74) is 0.266. The Morgan fingerprint density at radius 2 is 2.03 bits per heavy atom. The van der Waals surface area contributed by atoms with E-state index in [4.69, 9.17) is 14.2 Å². The van der Waals surface area contributed by atoms with Crippen LogP contribution < -0.4 is 5.56 Å². The van der Waals surface area contributed by atoms with Crippen LogP contribution in [0.15, 0.2) is 4.79 Å². The summed E-state index contributed by atoms with van der Waals surface area (Å²) in [6.45, 7) is 8.31. The van der Waals surface area contributed by atoms with Gasteiger partial charge in [0, 0.05) is 26.8 Å². The lowest BCUT2D eigenvalue weighted by Crippen LogP contribution is -2.37. The second-order valence-electron chi connectivity index (χ2n) is 7.55. The minimum atomic E-state index is -0.675. The summed E-state index contributed by atoms with van der Waals surface area (Å²) < 4.78 is 15.5. The Morgan fingerprint density at radius 3 is 2.67 bits per heavy atom. The Morgan fingerprint density at radius 1 is 1.30 bits per heavy atom. The van der Waals surface area contributed by atoms with E-state index in [1.54, 1.807) is 14.0 Å². The van der Waals surface area contributed by atoms with Crippen molar-refractivity contribution in [2.75, 3.05) is 47.1 Å². The van der Waals surface area contributed by atoms with Crippen LogP contribution in [-0.2, 0) is 20.8 Å². The van der Waals surface area contributed by atoms with Gasteiger partial charge >= 0.3 is 5.97 Å². The highest BCUT2D eigenvalue weighted by Crippen LogP contribution is 2.27. The molecule has 0 aromatic carbocycles. The Labute approximate surface area is 180 Å². The number of aromatic nitrogens is 2. The van der Waals surface area contributed by atoms with Crippen molar-refractivity contribution < 1.29 is 24.1 Å². The minimum absolute atomic E-state index is 0.233. The van der Waals surface area contributed by atoms with Crippen molar-refractivity contribution in [3.05, 3.63) is 26.6 Å². The zero-order valence-electron chi connectivity index (χ0n) is 18.2. The first kappa shape index (κ1) is 24.4. The van der Waals surface area contributed by atoms with Gasteiger partial charge in [-0.25, -0.2) is 9.78 Å². The first-order chi connectivity index (χ1) is 14.3. The molecule has 2 aromatic heterocycles. The predicted octanol–water partition coefficient (Wildman–Crippen LogP) is 1.56. The summed E-state index contributed by atoms with van der Waals surface area (Å²) in [5.74, 6) is 0.367. The quantitative estimate of drug-likeness (QED) is 0.477. The second-order valence-corrected chi connectivity index (χ2v) is 8.55. The Hall–Kier alpha value is -1.85. The second kappa shape index (κ2) is 11.5. The van der Waals surface area contributed by atoms with Gasteiger partial charge < -0.3 is 24.3 Å². The highest BCUT2D eigenvalue weighted by atomic mass is 32.1. The maximum absolute atomic E-state index is 12.6. The zero-order chi connectivity index (χ0) is 22.3. The average molecular weight is 442 g/mol. The van der Waals surface area contributed by atoms with Crippen molar-refractivity contribution in [3.63, 3.8) is 0 Å². The predicted molar refractivity (Wildman–Crippen MR) is 115 cm³/mol. The van der Waals surface area contributed by atoms with Gasteiger partial charge in [0.1, 0.15) is 15.5 Å². The molecule has 30 heavy (non-hydrogen) atoms. The molecule has 2 aromatic rings. The lowest BCUT2D eigenvalue weighted by Gasteiger charge is -2.24. The number of aliphatic hydroxyl groups is 1. The third-order valence-electron chi connectivity index (χ3n) is 4.44. The monoisotopic (exact) mass is 441 g/mol. The molecule has 168 valence electrons. The molecule has 1 atom stereocenters. The minimum Gasteiger partial charge on any atom is -0.465 e. The van der Waals surface area contributed by atoms with E-state index in [-0.39, 0.29) is 12.2 Å².